The number of aromatic nitrogens is 1. The van der Waals surface area contributed by atoms with E-state index < -0.39 is 6.10 Å². The fourth-order valence-corrected chi connectivity index (χ4v) is 2.81. The molecule has 25 heavy (non-hydrogen) atoms. The molecule has 2 aromatic carbocycles. The molecule has 0 spiro atoms. The van der Waals surface area contributed by atoms with Crippen LogP contribution in [0.5, 0.6) is 0 Å². The van der Waals surface area contributed by atoms with Gasteiger partial charge in [0.1, 0.15) is 5.52 Å². The first-order valence-corrected chi connectivity index (χ1v) is 8.47. The highest BCUT2D eigenvalue weighted by molar-refractivity contribution is 5.76. The van der Waals surface area contributed by atoms with Gasteiger partial charge in [0.05, 0.1) is 6.10 Å². The lowest BCUT2D eigenvalue weighted by Crippen LogP contribution is -2.09. The summed E-state index contributed by atoms with van der Waals surface area (Å²) in [6.45, 7) is 2.02. The predicted octanol–water partition coefficient (Wildman–Crippen LogP) is 3.88. The number of aliphatic hydroxyl groups excluding tert-OH is 1. The number of aryl methyl sites for hydroxylation is 1. The molecule has 5 heteroatoms. The number of nitrogens with two attached hydrogens (primary N) is 1. The molecule has 1 amide bonds. The van der Waals surface area contributed by atoms with Crippen LogP contribution in [0.1, 0.15) is 42.9 Å². The number of hydrogen-bond acceptors (Lipinski definition) is 4. The highest BCUT2D eigenvalue weighted by Gasteiger charge is 2.11. The minimum Gasteiger partial charge on any atom is -0.436 e. The number of rotatable bonds is 7. The van der Waals surface area contributed by atoms with Crippen molar-refractivity contribution < 1.29 is 14.3 Å². The Bertz CT molecular complexity index is 868. The molecule has 0 aliphatic rings. The second-order valence-electron chi connectivity index (χ2n) is 6.34. The summed E-state index contributed by atoms with van der Waals surface area (Å²) in [4.78, 5) is 15.2. The van der Waals surface area contributed by atoms with Gasteiger partial charge >= 0.3 is 0 Å². The Morgan fingerprint density at radius 2 is 1.96 bits per heavy atom. The number of benzene rings is 2. The number of nitrogens with zero attached hydrogens (tertiary/aromatic N) is 1. The van der Waals surface area contributed by atoms with E-state index in [-0.39, 0.29) is 5.91 Å². The quantitative estimate of drug-likeness (QED) is 0.640. The van der Waals surface area contributed by atoms with E-state index >= 15 is 0 Å². The van der Waals surface area contributed by atoms with Crippen LogP contribution in [-0.2, 0) is 4.79 Å². The molecule has 0 saturated heterocycles. The summed E-state index contributed by atoms with van der Waals surface area (Å²) in [5.74, 6) is 0.274. The lowest BCUT2D eigenvalue weighted by atomic mass is 10.0. The lowest BCUT2D eigenvalue weighted by Gasteiger charge is -2.10. The fraction of sp³-hybridized carbons (Fsp3) is 0.300. The van der Waals surface area contributed by atoms with Crippen molar-refractivity contribution in [3.63, 3.8) is 0 Å². The maximum Gasteiger partial charge on any atom is 0.227 e. The van der Waals surface area contributed by atoms with E-state index in [0.717, 1.165) is 34.2 Å². The summed E-state index contributed by atoms with van der Waals surface area (Å²) in [6, 6.07) is 13.5. The molecule has 0 fully saturated rings. The van der Waals surface area contributed by atoms with Crippen molar-refractivity contribution in [3.8, 4) is 11.5 Å². The van der Waals surface area contributed by atoms with Crippen LogP contribution in [0.3, 0.4) is 0 Å². The van der Waals surface area contributed by atoms with Gasteiger partial charge in [0.15, 0.2) is 5.58 Å². The van der Waals surface area contributed by atoms with Gasteiger partial charge in [-0.2, -0.15) is 0 Å². The van der Waals surface area contributed by atoms with Gasteiger partial charge in [-0.3, -0.25) is 4.79 Å². The first-order chi connectivity index (χ1) is 12.0. The van der Waals surface area contributed by atoms with E-state index in [9.17, 15) is 9.90 Å². The van der Waals surface area contributed by atoms with Crippen LogP contribution in [0.15, 0.2) is 46.9 Å². The minimum absolute atomic E-state index is 0.299. The molecule has 0 unspecified atom stereocenters. The molecular formula is C20H22N2O3. The van der Waals surface area contributed by atoms with Gasteiger partial charge in [-0.15, -0.1) is 0 Å². The van der Waals surface area contributed by atoms with E-state index in [0.29, 0.717) is 25.2 Å². The molecule has 1 heterocycles. The molecule has 3 aromatic rings. The maximum absolute atomic E-state index is 10.7. The molecule has 0 aliphatic carbocycles. The van der Waals surface area contributed by atoms with Crippen molar-refractivity contribution in [2.24, 2.45) is 5.73 Å². The van der Waals surface area contributed by atoms with E-state index in [1.807, 2.05) is 49.4 Å². The van der Waals surface area contributed by atoms with Crippen molar-refractivity contribution >= 4 is 17.0 Å². The van der Waals surface area contributed by atoms with Crippen LogP contribution in [0.25, 0.3) is 22.6 Å². The zero-order valence-electron chi connectivity index (χ0n) is 14.2. The molecule has 5 nitrogen and oxygen atoms in total. The molecule has 0 aliphatic heterocycles. The molecule has 1 aromatic heterocycles. The smallest absolute Gasteiger partial charge is 0.227 e. The van der Waals surface area contributed by atoms with Crippen LogP contribution < -0.4 is 5.73 Å². The van der Waals surface area contributed by atoms with Crippen molar-refractivity contribution in [1.82, 2.24) is 4.98 Å². The zero-order chi connectivity index (χ0) is 17.8. The van der Waals surface area contributed by atoms with Crippen molar-refractivity contribution in [3.05, 3.63) is 53.6 Å². The topological polar surface area (TPSA) is 89.4 Å². The van der Waals surface area contributed by atoms with Gasteiger partial charge in [0.2, 0.25) is 11.8 Å². The Hall–Kier alpha value is -2.66. The highest BCUT2D eigenvalue weighted by atomic mass is 16.3. The van der Waals surface area contributed by atoms with Gasteiger partial charge in [0, 0.05) is 12.0 Å². The third-order valence-corrected chi connectivity index (χ3v) is 4.24. The Kier molecular flexibility index (Phi) is 5.14. The first-order valence-electron chi connectivity index (χ1n) is 8.47. The Labute approximate surface area is 146 Å². The predicted molar refractivity (Wildman–Crippen MR) is 96.8 cm³/mol. The average molecular weight is 338 g/mol. The minimum atomic E-state index is -0.548. The fourth-order valence-electron chi connectivity index (χ4n) is 2.81. The van der Waals surface area contributed by atoms with Crippen LogP contribution in [0, 0.1) is 6.92 Å². The van der Waals surface area contributed by atoms with Crippen LogP contribution in [-0.4, -0.2) is 16.0 Å². The molecule has 1 atom stereocenters. The number of fused-ring (bicyclic) bond motifs is 1. The average Bonchev–Trinajstić information content (AvgIpc) is 3.01. The number of hydrogen-bond donors (Lipinski definition) is 2. The summed E-state index contributed by atoms with van der Waals surface area (Å²) in [7, 11) is 0. The van der Waals surface area contributed by atoms with Gasteiger partial charge in [0.25, 0.3) is 0 Å². The third kappa shape index (κ3) is 4.25. The summed E-state index contributed by atoms with van der Waals surface area (Å²) < 4.78 is 5.82. The molecule has 130 valence electrons. The summed E-state index contributed by atoms with van der Waals surface area (Å²) in [5, 5.41) is 10.2. The molecule has 0 radical (unpaired) electrons. The summed E-state index contributed by atoms with van der Waals surface area (Å²) >= 11 is 0. The monoisotopic (exact) mass is 338 g/mol. The van der Waals surface area contributed by atoms with Crippen molar-refractivity contribution in [1.29, 1.82) is 0 Å². The van der Waals surface area contributed by atoms with E-state index in [1.54, 1.807) is 0 Å². The van der Waals surface area contributed by atoms with Gasteiger partial charge in [-0.05, 0) is 55.2 Å². The number of unbranched alkanes of at least 4 members (excludes halogenated alkanes) is 1. The number of carbonyl (C=O) groups is 1. The third-order valence-electron chi connectivity index (χ3n) is 4.24. The SMILES string of the molecule is Cc1ccc2nc(-c3ccc([C@H](O)CCCCC(N)=O)cc3)oc2c1. The zero-order valence-corrected chi connectivity index (χ0v) is 14.2. The van der Waals surface area contributed by atoms with E-state index in [1.165, 1.54) is 0 Å². The second-order valence-corrected chi connectivity index (χ2v) is 6.34. The van der Waals surface area contributed by atoms with Gasteiger partial charge in [-0.1, -0.05) is 24.6 Å². The highest BCUT2D eigenvalue weighted by Crippen LogP contribution is 2.27. The normalized spacial score (nSPS) is 12.4. The number of oxazole rings is 1. The largest absolute Gasteiger partial charge is 0.436 e. The Morgan fingerprint density at radius 3 is 2.68 bits per heavy atom. The molecule has 0 bridgehead atoms. The second kappa shape index (κ2) is 7.49. The first kappa shape index (κ1) is 17.2. The molecule has 0 saturated carbocycles. The lowest BCUT2D eigenvalue weighted by molar-refractivity contribution is -0.118. The Morgan fingerprint density at radius 1 is 1.20 bits per heavy atom. The van der Waals surface area contributed by atoms with Crippen LogP contribution in [0.2, 0.25) is 0 Å². The summed E-state index contributed by atoms with van der Waals surface area (Å²) in [6.07, 6.45) is 1.88. The standard InChI is InChI=1S/C20H22N2O3/c1-13-6-11-16-18(12-13)25-20(22-16)15-9-7-14(8-10-15)17(23)4-2-3-5-19(21)24/h6-12,17,23H,2-5H2,1H3,(H2,21,24)/t17-/m1/s1. The van der Waals surface area contributed by atoms with Crippen molar-refractivity contribution in [2.75, 3.05) is 0 Å². The number of primary amides is 1. The maximum atomic E-state index is 10.7. The summed E-state index contributed by atoms with van der Waals surface area (Å²) in [5.41, 5.74) is 9.56. The number of amides is 1. The van der Waals surface area contributed by atoms with Crippen molar-refractivity contribution in [2.45, 2.75) is 38.7 Å². The molecule has 3 N–H and O–H groups in total. The number of carbonyl (C=O) groups excluding carboxylic acids is 1. The van der Waals surface area contributed by atoms with Crippen LogP contribution >= 0.6 is 0 Å². The van der Waals surface area contributed by atoms with Crippen LogP contribution in [0.4, 0.5) is 0 Å². The van der Waals surface area contributed by atoms with E-state index in [4.69, 9.17) is 10.2 Å². The Balaban J connectivity index is 1.67. The molecule has 3 rings (SSSR count). The van der Waals surface area contributed by atoms with E-state index in [2.05, 4.69) is 4.98 Å². The van der Waals surface area contributed by atoms with Gasteiger partial charge < -0.3 is 15.3 Å². The number of aliphatic hydroxyl groups is 1. The molecular weight excluding hydrogens is 316 g/mol. The van der Waals surface area contributed by atoms with Gasteiger partial charge in [-0.25, -0.2) is 4.98 Å².